The summed E-state index contributed by atoms with van der Waals surface area (Å²) < 4.78 is 0. The number of hydrogen-bond acceptors (Lipinski definition) is 5. The van der Waals surface area contributed by atoms with Gasteiger partial charge in [0.15, 0.2) is 0 Å². The van der Waals surface area contributed by atoms with Crippen molar-refractivity contribution in [1.29, 1.82) is 0 Å². The van der Waals surface area contributed by atoms with Gasteiger partial charge in [-0.1, -0.05) is 42.2 Å². The van der Waals surface area contributed by atoms with Crippen LogP contribution >= 0.6 is 24.0 Å². The number of nitrogens with zero attached hydrogens (tertiary/aromatic N) is 2. The predicted octanol–water partition coefficient (Wildman–Crippen LogP) is 3.24. The van der Waals surface area contributed by atoms with Gasteiger partial charge in [0.1, 0.15) is 4.99 Å². The molecule has 1 aliphatic rings. The van der Waals surface area contributed by atoms with Gasteiger partial charge in [-0.2, -0.15) is 0 Å². The molecule has 0 unspecified atom stereocenters. The van der Waals surface area contributed by atoms with Crippen LogP contribution in [-0.4, -0.2) is 47.8 Å². The second-order valence-electron chi connectivity index (χ2n) is 6.32. The van der Waals surface area contributed by atoms with Crippen LogP contribution in [0.3, 0.4) is 0 Å². The van der Waals surface area contributed by atoms with Crippen molar-refractivity contribution in [2.75, 3.05) is 31.6 Å². The van der Waals surface area contributed by atoms with E-state index in [4.69, 9.17) is 18.0 Å². The minimum atomic E-state index is 0.165. The van der Waals surface area contributed by atoms with Crippen LogP contribution in [0.1, 0.15) is 12.5 Å². The normalized spacial score (nSPS) is 14.2. The highest BCUT2D eigenvalue weighted by Gasteiger charge is 2.27. The average molecular weight is 374 g/mol. The number of fused-ring (bicyclic) bond motifs is 2. The van der Waals surface area contributed by atoms with Crippen molar-refractivity contribution in [3.63, 3.8) is 0 Å². The number of likely N-dealkylation sites (N-methyl/N-ethyl adjacent to an activating group) is 1. The monoisotopic (exact) mass is 373 g/mol. The molecule has 0 bridgehead atoms. The summed E-state index contributed by atoms with van der Waals surface area (Å²) in [5.74, 6) is 0. The molecule has 0 aliphatic carbocycles. The van der Waals surface area contributed by atoms with Gasteiger partial charge in [0.25, 0.3) is 0 Å². The highest BCUT2D eigenvalue weighted by molar-refractivity contribution is 7.99. The molecule has 2 aromatic rings. The number of benzene rings is 2. The van der Waals surface area contributed by atoms with Crippen LogP contribution in [0, 0.1) is 0 Å². The molecular formula is C19H23N3OS2. The van der Waals surface area contributed by atoms with Gasteiger partial charge in [0.2, 0.25) is 0 Å². The molecule has 0 fully saturated rings. The minimum absolute atomic E-state index is 0.165. The summed E-state index contributed by atoms with van der Waals surface area (Å²) >= 11 is 6.94. The van der Waals surface area contributed by atoms with Gasteiger partial charge >= 0.3 is 0 Å². The summed E-state index contributed by atoms with van der Waals surface area (Å²) in [6.07, 6.45) is 0. The van der Waals surface area contributed by atoms with Crippen molar-refractivity contribution in [1.82, 2.24) is 4.90 Å². The Morgan fingerprint density at radius 3 is 2.68 bits per heavy atom. The Hall–Kier alpha value is -1.60. The van der Waals surface area contributed by atoms with E-state index >= 15 is 0 Å². The maximum absolute atomic E-state index is 9.19. The average Bonchev–Trinajstić information content (AvgIpc) is 2.59. The van der Waals surface area contributed by atoms with Crippen molar-refractivity contribution >= 4 is 40.3 Å². The Morgan fingerprint density at radius 2 is 1.96 bits per heavy atom. The van der Waals surface area contributed by atoms with E-state index in [9.17, 15) is 5.11 Å². The summed E-state index contributed by atoms with van der Waals surface area (Å²) in [6, 6.07) is 14.9. The van der Waals surface area contributed by atoms with Crippen LogP contribution in [0.4, 0.5) is 11.4 Å². The summed E-state index contributed by atoms with van der Waals surface area (Å²) in [6.45, 7) is 3.88. The van der Waals surface area contributed by atoms with Crippen molar-refractivity contribution in [3.8, 4) is 0 Å². The van der Waals surface area contributed by atoms with Crippen molar-refractivity contribution < 1.29 is 5.11 Å². The molecule has 0 radical (unpaired) electrons. The molecule has 0 spiro atoms. The van der Waals surface area contributed by atoms with E-state index in [0.29, 0.717) is 11.5 Å². The van der Waals surface area contributed by atoms with E-state index in [2.05, 4.69) is 53.1 Å². The minimum Gasteiger partial charge on any atom is -0.395 e. The van der Waals surface area contributed by atoms with Gasteiger partial charge in [0.05, 0.1) is 18.0 Å². The largest absolute Gasteiger partial charge is 0.395 e. The summed E-state index contributed by atoms with van der Waals surface area (Å²) in [7, 11) is 2.03. The first-order valence-electron chi connectivity index (χ1n) is 8.30. The van der Waals surface area contributed by atoms with E-state index in [1.165, 1.54) is 15.5 Å². The Morgan fingerprint density at radius 1 is 1.24 bits per heavy atom. The smallest absolute Gasteiger partial charge is 0.104 e. The molecule has 0 amide bonds. The van der Waals surface area contributed by atoms with Crippen LogP contribution in [-0.2, 0) is 0 Å². The molecular weight excluding hydrogens is 350 g/mol. The van der Waals surface area contributed by atoms with Crippen molar-refractivity contribution in [2.45, 2.75) is 22.8 Å². The van der Waals surface area contributed by atoms with Gasteiger partial charge in [-0.05, 0) is 38.2 Å². The number of rotatable bonds is 6. The lowest BCUT2D eigenvalue weighted by Gasteiger charge is -2.39. The van der Waals surface area contributed by atoms with Gasteiger partial charge in [-0.15, -0.1) is 0 Å². The molecule has 6 heteroatoms. The Labute approximate surface area is 158 Å². The lowest BCUT2D eigenvalue weighted by molar-refractivity contribution is 0.216. The second-order valence-corrected chi connectivity index (χ2v) is 7.85. The van der Waals surface area contributed by atoms with Crippen LogP contribution in [0.15, 0.2) is 52.3 Å². The summed E-state index contributed by atoms with van der Waals surface area (Å²) in [4.78, 5) is 7.37. The van der Waals surface area contributed by atoms with Crippen LogP contribution in [0.2, 0.25) is 0 Å². The molecule has 0 saturated heterocycles. The van der Waals surface area contributed by atoms with E-state index in [-0.39, 0.29) is 12.6 Å². The number of aliphatic hydroxyl groups is 1. The zero-order valence-corrected chi connectivity index (χ0v) is 16.1. The Balaban J connectivity index is 2.03. The lowest BCUT2D eigenvalue weighted by Crippen LogP contribution is -2.40. The third kappa shape index (κ3) is 3.82. The predicted molar refractivity (Wildman–Crippen MR) is 109 cm³/mol. The molecule has 4 nitrogen and oxygen atoms in total. The Kier molecular flexibility index (Phi) is 5.64. The van der Waals surface area contributed by atoms with Gasteiger partial charge in [-0.25, -0.2) is 0 Å². The maximum atomic E-state index is 9.19. The molecule has 3 N–H and O–H groups in total. The molecule has 1 aliphatic heterocycles. The van der Waals surface area contributed by atoms with Gasteiger partial charge < -0.3 is 20.6 Å². The van der Waals surface area contributed by atoms with E-state index in [1.807, 2.05) is 13.1 Å². The second kappa shape index (κ2) is 7.74. The molecule has 1 atom stereocenters. The van der Waals surface area contributed by atoms with Gasteiger partial charge in [-0.3, -0.25) is 0 Å². The van der Waals surface area contributed by atoms with E-state index < -0.39 is 0 Å². The quantitative estimate of drug-likeness (QED) is 0.758. The topological polar surface area (TPSA) is 52.7 Å². The zero-order valence-electron chi connectivity index (χ0n) is 14.5. The third-order valence-corrected chi connectivity index (χ3v) is 5.71. The van der Waals surface area contributed by atoms with E-state index in [0.717, 1.165) is 17.8 Å². The number of nitrogens with two attached hydrogens (primary N) is 1. The molecule has 1 heterocycles. The number of anilines is 2. The van der Waals surface area contributed by atoms with Crippen LogP contribution < -0.4 is 10.6 Å². The number of hydrogen-bond donors (Lipinski definition) is 2. The number of thiocarbonyl (C=S) groups is 1. The highest BCUT2D eigenvalue weighted by Crippen LogP contribution is 2.49. The first kappa shape index (κ1) is 18.2. The van der Waals surface area contributed by atoms with E-state index in [1.54, 1.807) is 11.8 Å². The van der Waals surface area contributed by atoms with Crippen molar-refractivity contribution in [3.05, 3.63) is 48.0 Å². The summed E-state index contributed by atoms with van der Waals surface area (Å²) in [5, 5.41) is 9.19. The number of para-hydroxylation sites is 1. The molecule has 0 saturated carbocycles. The fourth-order valence-corrected chi connectivity index (χ4v) is 4.38. The number of aliphatic hydroxyl groups excluding tert-OH is 1. The molecule has 25 heavy (non-hydrogen) atoms. The zero-order chi connectivity index (χ0) is 18.0. The third-order valence-electron chi connectivity index (χ3n) is 4.35. The fourth-order valence-electron chi connectivity index (χ4n) is 3.21. The first-order valence-corrected chi connectivity index (χ1v) is 9.53. The van der Waals surface area contributed by atoms with Crippen LogP contribution in [0.25, 0.3) is 0 Å². The molecule has 3 rings (SSSR count). The lowest BCUT2D eigenvalue weighted by atomic mass is 10.1. The highest BCUT2D eigenvalue weighted by atomic mass is 32.2. The SMILES string of the molecule is C[C@H](CN(C)CCO)N1c2ccccc2Sc2ccc(C(N)=S)cc21. The molecule has 0 aromatic heterocycles. The van der Waals surface area contributed by atoms with Crippen LogP contribution in [0.5, 0.6) is 0 Å². The standard InChI is InChI=1S/C19H23N3OS2/c1-13(12-21(2)9-10-23)22-15-5-3-4-6-17(15)25-18-8-7-14(19(20)24)11-16(18)22/h3-8,11,13,23H,9-10,12H2,1-2H3,(H2,20,24)/t13-/m1/s1. The van der Waals surface area contributed by atoms with Gasteiger partial charge in [0, 0.05) is 34.5 Å². The first-order chi connectivity index (χ1) is 12.0. The van der Waals surface area contributed by atoms with Crippen molar-refractivity contribution in [2.24, 2.45) is 5.73 Å². The summed E-state index contributed by atoms with van der Waals surface area (Å²) in [5.41, 5.74) is 9.07. The molecule has 2 aromatic carbocycles. The maximum Gasteiger partial charge on any atom is 0.104 e. The Bertz CT molecular complexity index is 781. The molecule has 132 valence electrons. The fraction of sp³-hybridized carbons (Fsp3) is 0.316.